The van der Waals surface area contributed by atoms with Crippen molar-refractivity contribution in [1.82, 2.24) is 49.8 Å². The highest BCUT2D eigenvalue weighted by molar-refractivity contribution is 5.44. The van der Waals surface area contributed by atoms with Crippen molar-refractivity contribution in [3.05, 3.63) is 87.6 Å². The lowest BCUT2D eigenvalue weighted by Crippen LogP contribution is -2.57. The molecule has 0 amide bonds. The normalized spacial score (nSPS) is 30.9. The first-order valence-corrected chi connectivity index (χ1v) is 28.5. The van der Waals surface area contributed by atoms with Gasteiger partial charge in [-0.1, -0.05) is 21.6 Å². The fourth-order valence-electron chi connectivity index (χ4n) is 14.2. The summed E-state index contributed by atoms with van der Waals surface area (Å²) in [6.07, 6.45) is -10.6. The lowest BCUT2D eigenvalue weighted by Gasteiger charge is -2.31. The number of nitrogens with one attached hydrogen (secondary N) is 3. The lowest BCUT2D eigenvalue weighted by molar-refractivity contribution is -0.718. The van der Waals surface area contributed by atoms with Crippen LogP contribution < -0.4 is 25.1 Å². The molecule has 0 radical (unpaired) electrons. The third kappa shape index (κ3) is 10.8. The minimum absolute atomic E-state index is 0.0307. The number of aryl methyl sites for hydroxylation is 3. The fraction of sp³-hybridized carbons (Fsp3) is 0.679. The van der Waals surface area contributed by atoms with E-state index in [1.807, 2.05) is 41.1 Å². The van der Waals surface area contributed by atoms with Gasteiger partial charge < -0.3 is 14.8 Å². The Bertz CT molecular complexity index is 3160. The van der Waals surface area contributed by atoms with Crippen LogP contribution in [0.2, 0.25) is 0 Å². The molecule has 0 unspecified atom stereocenters. The van der Waals surface area contributed by atoms with Gasteiger partial charge in [-0.3, -0.25) is 10.6 Å². The van der Waals surface area contributed by atoms with Gasteiger partial charge in [0.1, 0.15) is 42.5 Å². The number of fused-ring (bicyclic) bond motifs is 3. The van der Waals surface area contributed by atoms with Crippen molar-refractivity contribution >= 4 is 16.9 Å². The summed E-state index contributed by atoms with van der Waals surface area (Å²) in [5, 5.41) is 26.3. The maximum atomic E-state index is 13.9. The number of piperidine rings is 1. The number of halogens is 9. The van der Waals surface area contributed by atoms with Gasteiger partial charge in [-0.05, 0) is 123 Å². The molecule has 0 spiro atoms. The van der Waals surface area contributed by atoms with Crippen molar-refractivity contribution in [2.45, 2.75) is 178 Å². The van der Waals surface area contributed by atoms with Crippen LogP contribution in [0.1, 0.15) is 190 Å². The quantitative estimate of drug-likeness (QED) is 0.101. The van der Waals surface area contributed by atoms with Crippen LogP contribution in [0.5, 0.6) is 0 Å². The summed E-state index contributed by atoms with van der Waals surface area (Å²) in [7, 11) is 0. The Hall–Kier alpha value is -4.97. The Morgan fingerprint density at radius 1 is 0.494 bits per heavy atom. The zero-order valence-electron chi connectivity index (χ0n) is 45.1. The van der Waals surface area contributed by atoms with E-state index in [4.69, 9.17) is 29.8 Å². The summed E-state index contributed by atoms with van der Waals surface area (Å²) in [6.45, 7) is 11.2. The van der Waals surface area contributed by atoms with E-state index in [0.717, 1.165) is 76.4 Å². The van der Waals surface area contributed by atoms with Gasteiger partial charge in [0, 0.05) is 67.2 Å². The van der Waals surface area contributed by atoms with E-state index in [9.17, 15) is 39.5 Å². The van der Waals surface area contributed by atoms with Crippen LogP contribution in [0, 0.1) is 44.4 Å². The van der Waals surface area contributed by atoms with E-state index in [2.05, 4.69) is 57.1 Å². The Kier molecular flexibility index (Phi) is 14.6. The van der Waals surface area contributed by atoms with Crippen molar-refractivity contribution in [3.8, 4) is 0 Å². The minimum Gasteiger partial charge on any atom is -0.365 e. The molecule has 3 aliphatic heterocycles. The van der Waals surface area contributed by atoms with E-state index >= 15 is 0 Å². The number of ether oxygens (including phenoxy) is 2. The average molecular weight is 1120 g/mol. The van der Waals surface area contributed by atoms with Crippen LogP contribution in [-0.2, 0) is 9.47 Å². The summed E-state index contributed by atoms with van der Waals surface area (Å²) < 4.78 is 147. The van der Waals surface area contributed by atoms with E-state index in [1.165, 1.54) is 0 Å². The summed E-state index contributed by atoms with van der Waals surface area (Å²) >= 11 is 0. The zero-order chi connectivity index (χ0) is 55.3. The molecule has 23 heteroatoms. The average Bonchev–Trinajstić information content (AvgIpc) is 4.29. The molecular weight excluding hydrogens is 1040 g/mol. The van der Waals surface area contributed by atoms with E-state index in [0.29, 0.717) is 68.9 Å². The van der Waals surface area contributed by atoms with Crippen LogP contribution >= 0.6 is 0 Å². The Labute approximate surface area is 452 Å². The van der Waals surface area contributed by atoms with Crippen LogP contribution in [0.25, 0.3) is 16.9 Å². The highest BCUT2D eigenvalue weighted by Gasteiger charge is 2.46. The minimum atomic E-state index is -4.25. The van der Waals surface area contributed by atoms with Crippen LogP contribution in [-0.4, -0.2) is 91.7 Å². The molecule has 3 saturated heterocycles. The topological polar surface area (TPSA) is 127 Å². The van der Waals surface area contributed by atoms with Gasteiger partial charge in [0.2, 0.25) is 0 Å². The molecule has 14 nitrogen and oxygen atoms in total. The highest BCUT2D eigenvalue weighted by Crippen LogP contribution is 2.46. The first-order chi connectivity index (χ1) is 37.6. The molecule has 6 fully saturated rings. The summed E-state index contributed by atoms with van der Waals surface area (Å²) in [4.78, 5) is 4.72. The van der Waals surface area contributed by atoms with Gasteiger partial charge in [0.05, 0.1) is 52.7 Å². The largest absolute Gasteiger partial charge is 0.391 e. The van der Waals surface area contributed by atoms with Crippen molar-refractivity contribution in [2.75, 3.05) is 39.4 Å². The van der Waals surface area contributed by atoms with E-state index in [-0.39, 0.29) is 87.7 Å². The molecule has 3 saturated carbocycles. The number of alkyl halides is 9. The Morgan fingerprint density at radius 2 is 0.911 bits per heavy atom. The number of hydrogen-bond donors (Lipinski definition) is 3. The van der Waals surface area contributed by atoms with Gasteiger partial charge in [-0.2, -0.15) is 44.6 Å². The molecule has 3 N–H and O–H groups in total. The Morgan fingerprint density at radius 3 is 1.34 bits per heavy atom. The molecule has 6 aliphatic rings. The molecular formula is C56H71F9N12O2+2. The number of morpholine rings is 2. The van der Waals surface area contributed by atoms with Crippen LogP contribution in [0.3, 0.4) is 0 Å². The van der Waals surface area contributed by atoms with E-state index < -0.39 is 48.5 Å². The molecule has 0 aromatic carbocycles. The standard InChI is InChI=1S/C56H71F9N12O2/c1-30-17-37(25-66-24-30)44-19-32(3)73(52-22-42(71-76(44)52)35-7-13-39(14-8-35)55(60,61)62)50-29-79-48(27-68-50)46-20-33(4)74(53-23-43(72-77(46)53)36-9-15-40(16-10-36)56(63,64)65)51-28-78-47(26-67-51)45-18-31(2)69-49-21-41(70-75(45)49)34-5-11-38(12-6-34)54(57,58)59/h18-23,30,34-40,47-48,50-51,66-68H,5-17,24-29H2,1-4H3/q+2/t30-,34?,35?,36?,37+,38?,39?,40?,47-,48+,50+,51+/m0/s1. The fourth-order valence-corrected chi connectivity index (χ4v) is 14.2. The zero-order valence-corrected chi connectivity index (χ0v) is 45.1. The second-order valence-corrected chi connectivity index (χ2v) is 24.0. The van der Waals surface area contributed by atoms with Crippen molar-refractivity contribution in [1.29, 1.82) is 0 Å². The SMILES string of the molecule is Cc1cc([C@@H]2CN[C@H]([n+]3c(C)cc([C@H]4CN[C@H]([n+]5c(C)cc([C@H]6CNC[C@@H](C)C6)n6nc(C7CCC(C(F)(F)F)CC7)cc65)CO4)n4nc(C5CCC(C(F)(F)F)CC5)cc43)CO2)n2nc(C3CCC(C(F)(F)F)CC3)cc2n1. The van der Waals surface area contributed by atoms with Crippen molar-refractivity contribution in [2.24, 2.45) is 23.7 Å². The maximum absolute atomic E-state index is 13.9. The van der Waals surface area contributed by atoms with Crippen LogP contribution in [0.4, 0.5) is 39.5 Å². The summed E-state index contributed by atoms with van der Waals surface area (Å²) in [6, 6.07) is 12.1. The van der Waals surface area contributed by atoms with E-state index in [1.54, 1.807) is 4.52 Å². The molecule has 79 heavy (non-hydrogen) atoms. The monoisotopic (exact) mass is 1110 g/mol. The molecule has 6 aromatic rings. The predicted octanol–water partition coefficient (Wildman–Crippen LogP) is 10.5. The smallest absolute Gasteiger partial charge is 0.365 e. The first-order valence-electron chi connectivity index (χ1n) is 28.5. The van der Waals surface area contributed by atoms with Crippen LogP contribution in [0.15, 0.2) is 36.4 Å². The molecule has 3 aliphatic carbocycles. The second-order valence-electron chi connectivity index (χ2n) is 24.0. The number of nitrogens with zero attached hydrogens (tertiary/aromatic N) is 9. The third-order valence-corrected chi connectivity index (χ3v) is 18.6. The molecule has 6 aromatic heterocycles. The van der Waals surface area contributed by atoms with Crippen molar-refractivity contribution < 1.29 is 58.1 Å². The number of rotatable bonds is 8. The van der Waals surface area contributed by atoms with Gasteiger partial charge in [-0.15, -0.1) is 4.52 Å². The maximum Gasteiger partial charge on any atom is 0.391 e. The molecule has 0 bridgehead atoms. The molecule has 6 atom stereocenters. The van der Waals surface area contributed by atoms with Gasteiger partial charge in [-0.25, -0.2) is 18.6 Å². The Balaban J connectivity index is 0.816. The predicted molar refractivity (Wildman–Crippen MR) is 271 cm³/mol. The first kappa shape index (κ1) is 54.6. The summed E-state index contributed by atoms with van der Waals surface area (Å²) in [5.41, 5.74) is 9.69. The van der Waals surface area contributed by atoms with Gasteiger partial charge in [0.15, 0.2) is 23.7 Å². The second kappa shape index (κ2) is 21.1. The van der Waals surface area contributed by atoms with Crippen molar-refractivity contribution in [3.63, 3.8) is 0 Å². The van der Waals surface area contributed by atoms with Gasteiger partial charge >= 0.3 is 29.8 Å². The molecule has 12 rings (SSSR count). The highest BCUT2D eigenvalue weighted by atomic mass is 19.4. The molecule has 428 valence electrons. The molecule has 9 heterocycles. The van der Waals surface area contributed by atoms with Gasteiger partial charge in [0.25, 0.3) is 0 Å². The number of aromatic nitrogens is 9. The number of hydrogen-bond acceptors (Lipinski definition) is 9. The summed E-state index contributed by atoms with van der Waals surface area (Å²) in [5.74, 6) is -3.64. The third-order valence-electron chi connectivity index (χ3n) is 18.6. The lowest BCUT2D eigenvalue weighted by atomic mass is 9.80.